The summed E-state index contributed by atoms with van der Waals surface area (Å²) in [5.74, 6) is -0.600. The van der Waals surface area contributed by atoms with Crippen LogP contribution in [0, 0.1) is 11.7 Å². The summed E-state index contributed by atoms with van der Waals surface area (Å²) >= 11 is 6.18. The topological polar surface area (TPSA) is 49.4 Å². The highest BCUT2D eigenvalue weighted by atomic mass is 35.5. The van der Waals surface area contributed by atoms with E-state index >= 15 is 0 Å². The summed E-state index contributed by atoms with van der Waals surface area (Å²) < 4.78 is 13.4. The molecular formula is C20H20ClFN2O2. The number of nitrogens with zero attached hydrogens (tertiary/aromatic N) is 1. The van der Waals surface area contributed by atoms with Crippen molar-refractivity contribution in [1.82, 2.24) is 4.90 Å². The average Bonchev–Trinajstić information content (AvgIpc) is 2.71. The summed E-state index contributed by atoms with van der Waals surface area (Å²) in [6, 6.07) is 10.6. The molecule has 1 N–H and O–H groups in total. The van der Waals surface area contributed by atoms with Crippen LogP contribution in [-0.4, -0.2) is 23.3 Å². The highest BCUT2D eigenvalue weighted by molar-refractivity contribution is 6.30. The molecule has 0 spiro atoms. The molecule has 0 saturated carbocycles. The Morgan fingerprint density at radius 2 is 1.96 bits per heavy atom. The second kappa shape index (κ2) is 7.46. The molecule has 1 aliphatic rings. The van der Waals surface area contributed by atoms with E-state index in [-0.39, 0.29) is 30.1 Å². The van der Waals surface area contributed by atoms with Crippen molar-refractivity contribution >= 4 is 29.1 Å². The molecule has 0 saturated heterocycles. The van der Waals surface area contributed by atoms with Gasteiger partial charge in [0.15, 0.2) is 0 Å². The molecule has 0 unspecified atom stereocenters. The molecule has 1 heterocycles. The molecule has 6 heteroatoms. The molecule has 26 heavy (non-hydrogen) atoms. The zero-order valence-corrected chi connectivity index (χ0v) is 15.4. The summed E-state index contributed by atoms with van der Waals surface area (Å²) in [4.78, 5) is 26.8. The van der Waals surface area contributed by atoms with Gasteiger partial charge in [-0.25, -0.2) is 4.39 Å². The van der Waals surface area contributed by atoms with Crippen molar-refractivity contribution in [2.45, 2.75) is 26.3 Å². The fourth-order valence-corrected chi connectivity index (χ4v) is 3.36. The lowest BCUT2D eigenvalue weighted by molar-refractivity contribution is -0.136. The minimum absolute atomic E-state index is 0.0695. The van der Waals surface area contributed by atoms with Gasteiger partial charge in [0.2, 0.25) is 11.8 Å². The fourth-order valence-electron chi connectivity index (χ4n) is 3.18. The number of carbonyl (C=O) groups is 2. The summed E-state index contributed by atoms with van der Waals surface area (Å²) in [6.45, 7) is 3.83. The molecule has 0 aliphatic carbocycles. The van der Waals surface area contributed by atoms with Gasteiger partial charge in [-0.3, -0.25) is 9.59 Å². The van der Waals surface area contributed by atoms with Gasteiger partial charge in [-0.05, 0) is 41.8 Å². The Balaban J connectivity index is 2.16. The van der Waals surface area contributed by atoms with Gasteiger partial charge >= 0.3 is 0 Å². The molecule has 2 amide bonds. The molecular weight excluding hydrogens is 355 g/mol. The number of hydrogen-bond donors (Lipinski definition) is 1. The monoisotopic (exact) mass is 374 g/mol. The van der Waals surface area contributed by atoms with Crippen LogP contribution in [0.4, 0.5) is 10.1 Å². The zero-order valence-electron chi connectivity index (χ0n) is 14.6. The number of carbonyl (C=O) groups excluding carboxylic acids is 2. The molecule has 0 bridgehead atoms. The van der Waals surface area contributed by atoms with Crippen LogP contribution in [0.15, 0.2) is 42.5 Å². The van der Waals surface area contributed by atoms with Crippen molar-refractivity contribution in [1.29, 1.82) is 0 Å². The van der Waals surface area contributed by atoms with Crippen molar-refractivity contribution in [2.75, 3.05) is 11.9 Å². The summed E-state index contributed by atoms with van der Waals surface area (Å²) in [5, 5.41) is 3.34. The molecule has 2 aromatic rings. The van der Waals surface area contributed by atoms with E-state index in [0.29, 0.717) is 22.7 Å². The lowest BCUT2D eigenvalue weighted by Gasteiger charge is -2.31. The van der Waals surface area contributed by atoms with Crippen LogP contribution >= 0.6 is 11.6 Å². The largest absolute Gasteiger partial charge is 0.324 e. The Morgan fingerprint density at radius 1 is 1.27 bits per heavy atom. The van der Waals surface area contributed by atoms with Gasteiger partial charge < -0.3 is 10.2 Å². The Hall–Kier alpha value is -2.40. The zero-order chi connectivity index (χ0) is 18.8. The number of hydrogen-bond acceptors (Lipinski definition) is 2. The van der Waals surface area contributed by atoms with Crippen molar-refractivity contribution in [3.05, 3.63) is 64.4 Å². The van der Waals surface area contributed by atoms with Crippen molar-refractivity contribution in [2.24, 2.45) is 5.92 Å². The Morgan fingerprint density at radius 3 is 2.62 bits per heavy atom. The van der Waals surface area contributed by atoms with Crippen LogP contribution in [0.5, 0.6) is 0 Å². The van der Waals surface area contributed by atoms with Gasteiger partial charge in [-0.1, -0.05) is 37.6 Å². The van der Waals surface area contributed by atoms with Crippen LogP contribution in [0.3, 0.4) is 0 Å². The second-order valence-corrected chi connectivity index (χ2v) is 7.29. The Bertz CT molecular complexity index is 836. The lowest BCUT2D eigenvalue weighted by Crippen LogP contribution is -2.39. The van der Waals surface area contributed by atoms with E-state index in [1.165, 1.54) is 12.1 Å². The number of halogens is 2. The molecule has 3 rings (SSSR count). The van der Waals surface area contributed by atoms with Crippen molar-refractivity contribution in [3.8, 4) is 0 Å². The molecule has 2 aromatic carbocycles. The molecule has 4 nitrogen and oxygen atoms in total. The smallest absolute Gasteiger partial charge is 0.244 e. The van der Waals surface area contributed by atoms with E-state index in [2.05, 4.69) is 5.32 Å². The maximum Gasteiger partial charge on any atom is 0.244 e. The van der Waals surface area contributed by atoms with Crippen LogP contribution in [-0.2, 0) is 9.59 Å². The van der Waals surface area contributed by atoms with E-state index < -0.39 is 6.04 Å². The summed E-state index contributed by atoms with van der Waals surface area (Å²) in [6.07, 6.45) is 0.320. The van der Waals surface area contributed by atoms with Crippen molar-refractivity contribution < 1.29 is 14.0 Å². The van der Waals surface area contributed by atoms with E-state index in [4.69, 9.17) is 11.6 Å². The quantitative estimate of drug-likeness (QED) is 0.865. The van der Waals surface area contributed by atoms with Gasteiger partial charge in [-0.15, -0.1) is 0 Å². The van der Waals surface area contributed by atoms with Crippen LogP contribution in [0.1, 0.15) is 37.4 Å². The maximum atomic E-state index is 13.4. The highest BCUT2D eigenvalue weighted by Crippen LogP contribution is 2.37. The molecule has 0 aromatic heterocycles. The SMILES string of the molecule is CC(C)CC(=O)N1CC(=O)Nc2ccc(Cl)cc2[C@H]1c1ccc(F)cc1. The Labute approximate surface area is 157 Å². The first-order chi connectivity index (χ1) is 12.3. The van der Waals surface area contributed by atoms with Crippen LogP contribution < -0.4 is 5.32 Å². The lowest BCUT2D eigenvalue weighted by atomic mass is 9.95. The third-order valence-corrected chi connectivity index (χ3v) is 4.53. The predicted molar refractivity (Wildman–Crippen MR) is 99.5 cm³/mol. The van der Waals surface area contributed by atoms with Gasteiger partial charge in [0, 0.05) is 22.7 Å². The first kappa shape index (κ1) is 18.4. The molecule has 0 radical (unpaired) electrons. The number of rotatable bonds is 3. The summed E-state index contributed by atoms with van der Waals surface area (Å²) in [7, 11) is 0. The minimum Gasteiger partial charge on any atom is -0.324 e. The third kappa shape index (κ3) is 3.88. The van der Waals surface area contributed by atoms with Gasteiger partial charge in [0.1, 0.15) is 12.4 Å². The number of fused-ring (bicyclic) bond motifs is 1. The van der Waals surface area contributed by atoms with E-state index in [1.807, 2.05) is 13.8 Å². The van der Waals surface area contributed by atoms with Gasteiger partial charge in [-0.2, -0.15) is 0 Å². The normalized spacial score (nSPS) is 16.9. The van der Waals surface area contributed by atoms with E-state index in [9.17, 15) is 14.0 Å². The van der Waals surface area contributed by atoms with Crippen LogP contribution in [0.2, 0.25) is 5.02 Å². The second-order valence-electron chi connectivity index (χ2n) is 6.85. The number of amides is 2. The van der Waals surface area contributed by atoms with Crippen LogP contribution in [0.25, 0.3) is 0 Å². The highest BCUT2D eigenvalue weighted by Gasteiger charge is 2.33. The molecule has 136 valence electrons. The minimum atomic E-state index is -0.519. The standard InChI is InChI=1S/C20H20ClFN2O2/c1-12(2)9-19(26)24-11-18(25)23-17-8-5-14(21)10-16(17)20(24)13-3-6-15(22)7-4-13/h3-8,10,12,20H,9,11H2,1-2H3,(H,23,25)/t20-/m1/s1. The number of nitrogens with one attached hydrogen (secondary N) is 1. The van der Waals surface area contributed by atoms with Gasteiger partial charge in [0.05, 0.1) is 6.04 Å². The predicted octanol–water partition coefficient (Wildman–Crippen LogP) is 4.40. The van der Waals surface area contributed by atoms with Gasteiger partial charge in [0.25, 0.3) is 0 Å². The molecule has 0 fully saturated rings. The fraction of sp³-hybridized carbons (Fsp3) is 0.300. The van der Waals surface area contributed by atoms with Crippen molar-refractivity contribution in [3.63, 3.8) is 0 Å². The third-order valence-electron chi connectivity index (χ3n) is 4.30. The van der Waals surface area contributed by atoms with E-state index in [1.54, 1.807) is 35.2 Å². The average molecular weight is 375 g/mol. The maximum absolute atomic E-state index is 13.4. The first-order valence-electron chi connectivity index (χ1n) is 8.49. The number of benzene rings is 2. The first-order valence-corrected chi connectivity index (χ1v) is 8.87. The molecule has 1 aliphatic heterocycles. The Kier molecular flexibility index (Phi) is 5.28. The molecule has 1 atom stereocenters. The van der Waals surface area contributed by atoms with E-state index in [0.717, 1.165) is 5.56 Å². The summed E-state index contributed by atoms with van der Waals surface area (Å²) in [5.41, 5.74) is 2.05. The number of anilines is 1.